The van der Waals surface area contributed by atoms with Crippen LogP contribution in [0.25, 0.3) is 11.4 Å². The lowest BCUT2D eigenvalue weighted by molar-refractivity contribution is 0.452. The van der Waals surface area contributed by atoms with Crippen LogP contribution >= 0.6 is 0 Å². The lowest BCUT2D eigenvalue weighted by Gasteiger charge is -1.94. The van der Waals surface area contributed by atoms with E-state index in [0.717, 1.165) is 16.9 Å². The van der Waals surface area contributed by atoms with Gasteiger partial charge in [0.25, 0.3) is 0 Å². The number of hydrogen-bond donors (Lipinski definition) is 1. The van der Waals surface area contributed by atoms with E-state index in [2.05, 4.69) is 15.4 Å². The molecule has 0 atom stereocenters. The van der Waals surface area contributed by atoms with Crippen molar-refractivity contribution in [1.82, 2.24) is 20.2 Å². The predicted molar refractivity (Wildman–Crippen MR) is 69.0 cm³/mol. The number of rotatable bonds is 4. The molecule has 2 aromatic heterocycles. The van der Waals surface area contributed by atoms with E-state index in [1.54, 1.807) is 6.26 Å². The summed E-state index contributed by atoms with van der Waals surface area (Å²) in [5, 5.41) is 12.3. The van der Waals surface area contributed by atoms with E-state index in [4.69, 9.17) is 10.2 Å². The van der Waals surface area contributed by atoms with E-state index < -0.39 is 0 Å². The molecule has 0 unspecified atom stereocenters. The summed E-state index contributed by atoms with van der Waals surface area (Å²) in [6.45, 7) is 0.906. The first-order valence-electron chi connectivity index (χ1n) is 5.95. The molecule has 0 spiro atoms. The van der Waals surface area contributed by atoms with Gasteiger partial charge in [-0.1, -0.05) is 30.3 Å². The molecule has 6 nitrogen and oxygen atoms in total. The monoisotopic (exact) mass is 255 g/mol. The number of benzene rings is 1. The molecule has 0 fully saturated rings. The summed E-state index contributed by atoms with van der Waals surface area (Å²) in [6.07, 6.45) is 1.64. The first-order chi connectivity index (χ1) is 9.35. The number of aromatic nitrogens is 4. The van der Waals surface area contributed by atoms with Gasteiger partial charge in [0.15, 0.2) is 0 Å². The number of nitrogens with two attached hydrogens (primary N) is 1. The van der Waals surface area contributed by atoms with Gasteiger partial charge in [-0.25, -0.2) is 0 Å². The zero-order chi connectivity index (χ0) is 13.1. The van der Waals surface area contributed by atoms with Crippen LogP contribution in [0.15, 0.2) is 47.1 Å². The second kappa shape index (κ2) is 5.03. The minimum Gasteiger partial charge on any atom is -0.467 e. The quantitative estimate of drug-likeness (QED) is 0.762. The second-order valence-electron chi connectivity index (χ2n) is 4.13. The lowest BCUT2D eigenvalue weighted by Crippen LogP contribution is -2.03. The maximum Gasteiger partial charge on any atom is 0.204 e. The van der Waals surface area contributed by atoms with E-state index in [1.165, 1.54) is 4.80 Å². The van der Waals surface area contributed by atoms with E-state index in [0.29, 0.717) is 18.9 Å². The Morgan fingerprint density at radius 3 is 2.79 bits per heavy atom. The molecule has 0 aliphatic rings. The Balaban J connectivity index is 1.78. The van der Waals surface area contributed by atoms with Crippen LogP contribution in [0, 0.1) is 0 Å². The molecule has 0 aliphatic carbocycles. The first kappa shape index (κ1) is 11.6. The number of tetrazole rings is 1. The minimum atomic E-state index is 0.444. The van der Waals surface area contributed by atoms with Gasteiger partial charge in [0.1, 0.15) is 12.3 Å². The van der Waals surface area contributed by atoms with E-state index in [-0.39, 0.29) is 0 Å². The molecular weight excluding hydrogens is 242 g/mol. The number of hydrogen-bond acceptors (Lipinski definition) is 5. The fourth-order valence-electron chi connectivity index (χ4n) is 1.77. The zero-order valence-electron chi connectivity index (χ0n) is 10.2. The number of nitrogens with zero attached hydrogens (tertiary/aromatic N) is 4. The third-order valence-corrected chi connectivity index (χ3v) is 2.73. The molecule has 2 N–H and O–H groups in total. The van der Waals surface area contributed by atoms with E-state index in [9.17, 15) is 0 Å². The van der Waals surface area contributed by atoms with Gasteiger partial charge >= 0.3 is 0 Å². The smallest absolute Gasteiger partial charge is 0.204 e. The molecule has 3 rings (SSSR count). The van der Waals surface area contributed by atoms with Crippen molar-refractivity contribution in [2.24, 2.45) is 5.73 Å². The number of furan rings is 1. The Labute approximate surface area is 109 Å². The van der Waals surface area contributed by atoms with Crippen LogP contribution in [-0.2, 0) is 13.1 Å². The Bertz CT molecular complexity index is 658. The average Bonchev–Trinajstić information content (AvgIpc) is 3.09. The van der Waals surface area contributed by atoms with Gasteiger partial charge in [-0.05, 0) is 11.3 Å². The molecule has 19 heavy (non-hydrogen) atoms. The van der Waals surface area contributed by atoms with E-state index in [1.807, 2.05) is 36.4 Å². The molecule has 6 heteroatoms. The summed E-state index contributed by atoms with van der Waals surface area (Å²) in [4.78, 5) is 1.50. The molecule has 0 aliphatic heterocycles. The second-order valence-corrected chi connectivity index (χ2v) is 4.13. The SMILES string of the molecule is NCc1coc(Cn2nnc(-c3ccccc3)n2)c1. The highest BCUT2D eigenvalue weighted by atomic mass is 16.3. The largest absolute Gasteiger partial charge is 0.467 e. The third-order valence-electron chi connectivity index (χ3n) is 2.73. The van der Waals surface area contributed by atoms with Gasteiger partial charge in [-0.3, -0.25) is 0 Å². The van der Waals surface area contributed by atoms with Gasteiger partial charge in [0.05, 0.1) is 6.26 Å². The van der Waals surface area contributed by atoms with Crippen LogP contribution in [0.4, 0.5) is 0 Å². The van der Waals surface area contributed by atoms with Crippen molar-refractivity contribution in [2.45, 2.75) is 13.1 Å². The molecule has 1 aromatic carbocycles. The van der Waals surface area contributed by atoms with Gasteiger partial charge in [0, 0.05) is 17.7 Å². The molecule has 3 aromatic rings. The van der Waals surface area contributed by atoms with E-state index >= 15 is 0 Å². The van der Waals surface area contributed by atoms with Crippen molar-refractivity contribution >= 4 is 0 Å². The zero-order valence-corrected chi connectivity index (χ0v) is 10.2. The van der Waals surface area contributed by atoms with Crippen LogP contribution in [0.2, 0.25) is 0 Å². The van der Waals surface area contributed by atoms with Crippen LogP contribution in [0.1, 0.15) is 11.3 Å². The highest BCUT2D eigenvalue weighted by Gasteiger charge is 2.07. The molecule has 0 saturated heterocycles. The topological polar surface area (TPSA) is 82.8 Å². The highest BCUT2D eigenvalue weighted by Crippen LogP contribution is 2.13. The summed E-state index contributed by atoms with van der Waals surface area (Å²) >= 11 is 0. The third kappa shape index (κ3) is 2.53. The first-order valence-corrected chi connectivity index (χ1v) is 5.95. The molecule has 0 bridgehead atoms. The van der Waals surface area contributed by atoms with Crippen LogP contribution < -0.4 is 5.73 Å². The fourth-order valence-corrected chi connectivity index (χ4v) is 1.77. The fraction of sp³-hybridized carbons (Fsp3) is 0.154. The van der Waals surface area contributed by atoms with Crippen molar-refractivity contribution in [2.75, 3.05) is 0 Å². The summed E-state index contributed by atoms with van der Waals surface area (Å²) in [7, 11) is 0. The van der Waals surface area contributed by atoms with Crippen LogP contribution in [0.5, 0.6) is 0 Å². The predicted octanol–water partition coefficient (Wildman–Crippen LogP) is 1.44. The van der Waals surface area contributed by atoms with Gasteiger partial charge in [-0.15, -0.1) is 10.2 Å². The average molecular weight is 255 g/mol. The summed E-state index contributed by atoms with van der Waals surface area (Å²) in [5.41, 5.74) is 7.42. The molecule has 96 valence electrons. The minimum absolute atomic E-state index is 0.444. The van der Waals surface area contributed by atoms with Crippen molar-refractivity contribution in [3.63, 3.8) is 0 Å². The summed E-state index contributed by atoms with van der Waals surface area (Å²) < 4.78 is 5.37. The summed E-state index contributed by atoms with van der Waals surface area (Å²) in [5.74, 6) is 1.36. The Kier molecular flexibility index (Phi) is 3.07. The van der Waals surface area contributed by atoms with Gasteiger partial charge < -0.3 is 10.2 Å². The van der Waals surface area contributed by atoms with Crippen molar-refractivity contribution in [3.05, 3.63) is 54.0 Å². The Hall–Kier alpha value is -2.47. The highest BCUT2D eigenvalue weighted by molar-refractivity contribution is 5.52. The molecule has 2 heterocycles. The van der Waals surface area contributed by atoms with Crippen molar-refractivity contribution < 1.29 is 4.42 Å². The maximum absolute atomic E-state index is 5.53. The van der Waals surface area contributed by atoms with Crippen molar-refractivity contribution in [1.29, 1.82) is 0 Å². The van der Waals surface area contributed by atoms with Crippen LogP contribution in [0.3, 0.4) is 0 Å². The molecule has 0 amide bonds. The van der Waals surface area contributed by atoms with Gasteiger partial charge in [0.2, 0.25) is 5.82 Å². The summed E-state index contributed by atoms with van der Waals surface area (Å²) in [6, 6.07) is 11.6. The standard InChI is InChI=1S/C13H13N5O/c14-7-10-6-12(19-9-10)8-18-16-13(15-17-18)11-4-2-1-3-5-11/h1-6,9H,7-8,14H2. The maximum atomic E-state index is 5.53. The Morgan fingerprint density at radius 2 is 2.05 bits per heavy atom. The van der Waals surface area contributed by atoms with Crippen molar-refractivity contribution in [3.8, 4) is 11.4 Å². The molecule has 0 saturated carbocycles. The lowest BCUT2D eigenvalue weighted by atomic mass is 10.2. The Morgan fingerprint density at radius 1 is 1.21 bits per heavy atom. The normalized spacial score (nSPS) is 10.8. The van der Waals surface area contributed by atoms with Crippen LogP contribution in [-0.4, -0.2) is 20.2 Å². The van der Waals surface area contributed by atoms with Gasteiger partial charge in [-0.2, -0.15) is 4.80 Å². The molecule has 0 radical (unpaired) electrons. The molecular formula is C13H13N5O.